The van der Waals surface area contributed by atoms with E-state index in [9.17, 15) is 9.90 Å². The second kappa shape index (κ2) is 6.54. The number of rotatable bonds is 4. The maximum Gasteiger partial charge on any atom is 0.225 e. The number of hydrogen-bond acceptors (Lipinski definition) is 4. The van der Waals surface area contributed by atoms with E-state index in [2.05, 4.69) is 10.2 Å². The lowest BCUT2D eigenvalue weighted by atomic mass is 10.1. The number of benzene rings is 1. The fourth-order valence-electron chi connectivity index (χ4n) is 2.28. The van der Waals surface area contributed by atoms with E-state index in [1.54, 1.807) is 24.3 Å². The number of piperidine rings is 1. The van der Waals surface area contributed by atoms with Crippen LogP contribution in [0.5, 0.6) is 0 Å². The quantitative estimate of drug-likeness (QED) is 0.710. The summed E-state index contributed by atoms with van der Waals surface area (Å²) in [6.07, 6.45) is 2.07. The van der Waals surface area contributed by atoms with Crippen LogP contribution in [0.15, 0.2) is 24.3 Å². The summed E-state index contributed by atoms with van der Waals surface area (Å²) in [4.78, 5) is 13.9. The van der Waals surface area contributed by atoms with E-state index in [4.69, 9.17) is 5.73 Å². The van der Waals surface area contributed by atoms with Crippen molar-refractivity contribution in [3.05, 3.63) is 24.3 Å². The number of β-amino-alcohol motifs (C(OH)–C–C–N with tert-alkyl or cyclic N) is 1. The van der Waals surface area contributed by atoms with Crippen LogP contribution in [-0.2, 0) is 4.79 Å². The third-order valence-corrected chi connectivity index (χ3v) is 3.33. The summed E-state index contributed by atoms with van der Waals surface area (Å²) >= 11 is 0. The predicted molar refractivity (Wildman–Crippen MR) is 75.8 cm³/mol. The topological polar surface area (TPSA) is 78.6 Å². The molecule has 2 rings (SSSR count). The molecule has 1 heterocycles. The first-order valence-electron chi connectivity index (χ1n) is 6.69. The lowest BCUT2D eigenvalue weighted by Crippen LogP contribution is -2.39. The van der Waals surface area contributed by atoms with E-state index in [-0.39, 0.29) is 12.0 Å². The van der Waals surface area contributed by atoms with Gasteiger partial charge in [0, 0.05) is 30.9 Å². The Kier molecular flexibility index (Phi) is 4.76. The lowest BCUT2D eigenvalue weighted by Gasteiger charge is -2.29. The van der Waals surface area contributed by atoms with Gasteiger partial charge in [0.15, 0.2) is 0 Å². The van der Waals surface area contributed by atoms with Crippen molar-refractivity contribution in [3.63, 3.8) is 0 Å². The standard InChI is InChI=1S/C14H21N3O2/c15-11-3-5-12(6-4-11)16-14(19)7-9-17-8-1-2-13(18)10-17/h3-6,13,18H,1-2,7-10,15H2,(H,16,19). The second-order valence-corrected chi connectivity index (χ2v) is 5.02. The number of anilines is 2. The Balaban J connectivity index is 1.73. The van der Waals surface area contributed by atoms with Gasteiger partial charge in [0.1, 0.15) is 0 Å². The number of amides is 1. The van der Waals surface area contributed by atoms with E-state index in [0.29, 0.717) is 25.2 Å². The van der Waals surface area contributed by atoms with E-state index >= 15 is 0 Å². The molecule has 0 aliphatic carbocycles. The molecule has 1 atom stereocenters. The second-order valence-electron chi connectivity index (χ2n) is 5.02. The van der Waals surface area contributed by atoms with E-state index < -0.39 is 0 Å². The third-order valence-electron chi connectivity index (χ3n) is 3.33. The molecular weight excluding hydrogens is 242 g/mol. The largest absolute Gasteiger partial charge is 0.399 e. The minimum absolute atomic E-state index is 0.00941. The number of nitrogens with zero attached hydrogens (tertiary/aromatic N) is 1. The molecule has 1 fully saturated rings. The van der Waals surface area contributed by atoms with Crippen molar-refractivity contribution in [2.75, 3.05) is 30.7 Å². The molecule has 4 N–H and O–H groups in total. The van der Waals surface area contributed by atoms with Crippen molar-refractivity contribution in [1.29, 1.82) is 0 Å². The Morgan fingerprint density at radius 1 is 1.42 bits per heavy atom. The number of carbonyl (C=O) groups is 1. The Labute approximate surface area is 113 Å². The molecule has 0 spiro atoms. The SMILES string of the molecule is Nc1ccc(NC(=O)CCN2CCCC(O)C2)cc1. The monoisotopic (exact) mass is 263 g/mol. The number of hydrogen-bond donors (Lipinski definition) is 3. The molecule has 104 valence electrons. The van der Waals surface area contributed by atoms with Crippen LogP contribution < -0.4 is 11.1 Å². The van der Waals surface area contributed by atoms with Crippen LogP contribution in [0.4, 0.5) is 11.4 Å². The first kappa shape index (κ1) is 13.8. The predicted octanol–water partition coefficient (Wildman–Crippen LogP) is 1.05. The maximum atomic E-state index is 11.8. The molecular formula is C14H21N3O2. The van der Waals surface area contributed by atoms with Crippen molar-refractivity contribution >= 4 is 17.3 Å². The molecule has 1 aromatic carbocycles. The van der Waals surface area contributed by atoms with Gasteiger partial charge in [-0.2, -0.15) is 0 Å². The molecule has 0 radical (unpaired) electrons. The summed E-state index contributed by atoms with van der Waals surface area (Å²) in [5.74, 6) is -0.00941. The molecule has 1 aliphatic rings. The fraction of sp³-hybridized carbons (Fsp3) is 0.500. The summed E-state index contributed by atoms with van der Waals surface area (Å²) < 4.78 is 0. The molecule has 5 heteroatoms. The number of nitrogens with one attached hydrogen (secondary N) is 1. The number of aliphatic hydroxyl groups excluding tert-OH is 1. The average molecular weight is 263 g/mol. The van der Waals surface area contributed by atoms with E-state index in [1.807, 2.05) is 0 Å². The molecule has 0 bridgehead atoms. The van der Waals surface area contributed by atoms with Gasteiger partial charge in [-0.15, -0.1) is 0 Å². The Bertz CT molecular complexity index is 419. The average Bonchev–Trinajstić information content (AvgIpc) is 2.39. The van der Waals surface area contributed by atoms with Crippen LogP contribution in [-0.4, -0.2) is 41.7 Å². The molecule has 1 aliphatic heterocycles. The zero-order valence-corrected chi connectivity index (χ0v) is 11.0. The Hall–Kier alpha value is -1.59. The van der Waals surface area contributed by atoms with Crippen LogP contribution in [0, 0.1) is 0 Å². The molecule has 0 saturated carbocycles. The minimum Gasteiger partial charge on any atom is -0.399 e. The molecule has 1 aromatic rings. The zero-order valence-electron chi connectivity index (χ0n) is 11.0. The van der Waals surface area contributed by atoms with Gasteiger partial charge in [-0.25, -0.2) is 0 Å². The fourth-order valence-corrected chi connectivity index (χ4v) is 2.28. The van der Waals surface area contributed by atoms with Crippen molar-refractivity contribution in [2.45, 2.75) is 25.4 Å². The van der Waals surface area contributed by atoms with Crippen molar-refractivity contribution in [3.8, 4) is 0 Å². The number of nitrogens with two attached hydrogens (primary N) is 1. The van der Waals surface area contributed by atoms with Crippen molar-refractivity contribution < 1.29 is 9.90 Å². The number of likely N-dealkylation sites (tertiary alicyclic amines) is 1. The highest BCUT2D eigenvalue weighted by atomic mass is 16.3. The van der Waals surface area contributed by atoms with Crippen LogP contribution in [0.25, 0.3) is 0 Å². The van der Waals surface area contributed by atoms with Crippen LogP contribution in [0.2, 0.25) is 0 Å². The van der Waals surface area contributed by atoms with Gasteiger partial charge in [0.05, 0.1) is 6.10 Å². The minimum atomic E-state index is -0.242. The Morgan fingerprint density at radius 2 is 2.16 bits per heavy atom. The van der Waals surface area contributed by atoms with Crippen LogP contribution >= 0.6 is 0 Å². The highest BCUT2D eigenvalue weighted by Gasteiger charge is 2.17. The number of nitrogen functional groups attached to an aromatic ring is 1. The molecule has 5 nitrogen and oxygen atoms in total. The first-order valence-corrected chi connectivity index (χ1v) is 6.69. The number of carbonyl (C=O) groups excluding carboxylic acids is 1. The first-order chi connectivity index (χ1) is 9.13. The molecule has 1 amide bonds. The summed E-state index contributed by atoms with van der Waals surface area (Å²) in [5.41, 5.74) is 7.03. The summed E-state index contributed by atoms with van der Waals surface area (Å²) in [6.45, 7) is 2.33. The molecule has 19 heavy (non-hydrogen) atoms. The van der Waals surface area contributed by atoms with Crippen LogP contribution in [0.1, 0.15) is 19.3 Å². The van der Waals surface area contributed by atoms with Gasteiger partial charge in [-0.3, -0.25) is 4.79 Å². The smallest absolute Gasteiger partial charge is 0.225 e. The summed E-state index contributed by atoms with van der Waals surface area (Å²) in [7, 11) is 0. The normalized spacial score (nSPS) is 20.2. The van der Waals surface area contributed by atoms with Crippen LogP contribution in [0.3, 0.4) is 0 Å². The highest BCUT2D eigenvalue weighted by molar-refractivity contribution is 5.90. The Morgan fingerprint density at radius 3 is 2.84 bits per heavy atom. The summed E-state index contributed by atoms with van der Waals surface area (Å²) in [5, 5.41) is 12.4. The van der Waals surface area contributed by atoms with Crippen molar-refractivity contribution in [1.82, 2.24) is 4.90 Å². The highest BCUT2D eigenvalue weighted by Crippen LogP contribution is 2.12. The van der Waals surface area contributed by atoms with Gasteiger partial charge in [-0.05, 0) is 43.7 Å². The van der Waals surface area contributed by atoms with Crippen molar-refractivity contribution in [2.24, 2.45) is 0 Å². The van der Waals surface area contributed by atoms with E-state index in [0.717, 1.165) is 25.1 Å². The lowest BCUT2D eigenvalue weighted by molar-refractivity contribution is -0.116. The van der Waals surface area contributed by atoms with Gasteiger partial charge in [-0.1, -0.05) is 0 Å². The van der Waals surface area contributed by atoms with Gasteiger partial charge in [0.2, 0.25) is 5.91 Å². The molecule has 0 aromatic heterocycles. The van der Waals surface area contributed by atoms with Gasteiger partial charge in [0.25, 0.3) is 0 Å². The van der Waals surface area contributed by atoms with E-state index in [1.165, 1.54) is 0 Å². The zero-order chi connectivity index (χ0) is 13.7. The maximum absolute atomic E-state index is 11.8. The summed E-state index contributed by atoms with van der Waals surface area (Å²) in [6, 6.07) is 7.10. The third kappa shape index (κ3) is 4.54. The van der Waals surface area contributed by atoms with Gasteiger partial charge < -0.3 is 21.1 Å². The van der Waals surface area contributed by atoms with Gasteiger partial charge >= 0.3 is 0 Å². The molecule has 1 saturated heterocycles. The molecule has 1 unspecified atom stereocenters. The number of aliphatic hydroxyl groups is 1.